The fourth-order valence-corrected chi connectivity index (χ4v) is 3.21. The van der Waals surface area contributed by atoms with Crippen molar-refractivity contribution >= 4 is 34.8 Å². The lowest BCUT2D eigenvalue weighted by Crippen LogP contribution is -2.32. The van der Waals surface area contributed by atoms with Crippen LogP contribution in [0.3, 0.4) is 0 Å². The van der Waals surface area contributed by atoms with Crippen LogP contribution in [0.4, 0.5) is 11.4 Å². The van der Waals surface area contributed by atoms with Crippen molar-refractivity contribution in [1.82, 2.24) is 0 Å². The van der Waals surface area contributed by atoms with Gasteiger partial charge in [-0.1, -0.05) is 11.6 Å². The molecule has 0 aliphatic carbocycles. The average Bonchev–Trinajstić information content (AvgIpc) is 3.24. The molecule has 142 valence electrons. The number of nitrogens with one attached hydrogen (secondary N) is 2. The Labute approximate surface area is 166 Å². The monoisotopic (exact) mass is 396 g/mol. The number of hydrogen-bond acceptors (Lipinski definition) is 4. The number of carbonyl (C=O) groups excluding carboxylic acids is 2. The molecular formula is C21H17ClN2O4. The number of ether oxygens (including phenoxy) is 1. The zero-order chi connectivity index (χ0) is 19.5. The molecule has 3 aromatic rings. The van der Waals surface area contributed by atoms with Gasteiger partial charge in [-0.2, -0.15) is 0 Å². The number of halogens is 1. The normalized spacial score (nSPS) is 15.2. The summed E-state index contributed by atoms with van der Waals surface area (Å²) in [5, 5.41) is 6.23. The van der Waals surface area contributed by atoms with E-state index in [2.05, 4.69) is 10.6 Å². The van der Waals surface area contributed by atoms with Gasteiger partial charge in [-0.15, -0.1) is 0 Å². The van der Waals surface area contributed by atoms with E-state index >= 15 is 0 Å². The van der Waals surface area contributed by atoms with Crippen LogP contribution in [0, 0.1) is 5.92 Å². The van der Waals surface area contributed by atoms with E-state index < -0.39 is 0 Å². The molecule has 7 heteroatoms. The molecule has 0 saturated heterocycles. The van der Waals surface area contributed by atoms with E-state index in [0.717, 1.165) is 11.3 Å². The molecule has 0 fully saturated rings. The number of carbonyl (C=O) groups is 2. The third-order valence-corrected chi connectivity index (χ3v) is 4.69. The molecule has 6 nitrogen and oxygen atoms in total. The molecule has 1 aromatic heterocycles. The fraction of sp³-hybridized carbons (Fsp3) is 0.143. The highest BCUT2D eigenvalue weighted by Crippen LogP contribution is 2.30. The molecule has 0 spiro atoms. The second-order valence-corrected chi connectivity index (χ2v) is 6.90. The predicted molar refractivity (Wildman–Crippen MR) is 106 cm³/mol. The number of benzene rings is 2. The molecule has 0 saturated carbocycles. The first-order valence-electron chi connectivity index (χ1n) is 8.75. The lowest BCUT2D eigenvalue weighted by molar-refractivity contribution is -0.121. The number of furan rings is 1. The van der Waals surface area contributed by atoms with Crippen LogP contribution in [0.5, 0.6) is 5.75 Å². The van der Waals surface area contributed by atoms with E-state index in [1.807, 2.05) is 12.1 Å². The van der Waals surface area contributed by atoms with Crippen molar-refractivity contribution in [3.8, 4) is 5.75 Å². The van der Waals surface area contributed by atoms with Crippen molar-refractivity contribution < 1.29 is 18.7 Å². The zero-order valence-corrected chi connectivity index (χ0v) is 15.5. The maximum absolute atomic E-state index is 12.6. The standard InChI is InChI=1S/C21H17ClN2O4/c22-15-3-8-18-13(11-15)10-14(12-28-18)20(25)23-16-4-6-17(7-5-16)24-21(26)19-2-1-9-27-19/h1-9,11,14H,10,12H2,(H,23,25)(H,24,26). The summed E-state index contributed by atoms with van der Waals surface area (Å²) in [7, 11) is 0. The van der Waals surface area contributed by atoms with Gasteiger partial charge in [-0.3, -0.25) is 9.59 Å². The number of hydrogen-bond donors (Lipinski definition) is 2. The number of rotatable bonds is 4. The minimum Gasteiger partial charge on any atom is -0.492 e. The number of amides is 2. The van der Waals surface area contributed by atoms with Crippen LogP contribution in [-0.2, 0) is 11.2 Å². The van der Waals surface area contributed by atoms with E-state index in [-0.39, 0.29) is 23.5 Å². The van der Waals surface area contributed by atoms with Crippen LogP contribution >= 0.6 is 11.6 Å². The van der Waals surface area contributed by atoms with Crippen LogP contribution in [0.25, 0.3) is 0 Å². The van der Waals surface area contributed by atoms with E-state index in [0.29, 0.717) is 29.4 Å². The summed E-state index contributed by atoms with van der Waals surface area (Å²) in [6, 6.07) is 15.5. The van der Waals surface area contributed by atoms with Gasteiger partial charge in [0.25, 0.3) is 5.91 Å². The summed E-state index contributed by atoms with van der Waals surface area (Å²) < 4.78 is 10.7. The summed E-state index contributed by atoms with van der Waals surface area (Å²) in [6.07, 6.45) is 2.01. The van der Waals surface area contributed by atoms with Gasteiger partial charge in [0.2, 0.25) is 5.91 Å². The Hall–Kier alpha value is -3.25. The van der Waals surface area contributed by atoms with Crippen LogP contribution in [0.1, 0.15) is 16.1 Å². The number of anilines is 2. The predicted octanol–water partition coefficient (Wildman–Crippen LogP) is 4.38. The maximum Gasteiger partial charge on any atom is 0.291 e. The Morgan fingerprint density at radius 1 is 1.00 bits per heavy atom. The highest BCUT2D eigenvalue weighted by Gasteiger charge is 2.26. The molecule has 1 atom stereocenters. The van der Waals surface area contributed by atoms with E-state index in [9.17, 15) is 9.59 Å². The molecule has 4 rings (SSSR count). The summed E-state index contributed by atoms with van der Waals surface area (Å²) in [5.74, 6) is 0.237. The van der Waals surface area contributed by atoms with Gasteiger partial charge in [-0.25, -0.2) is 0 Å². The summed E-state index contributed by atoms with van der Waals surface area (Å²) in [6.45, 7) is 0.317. The quantitative estimate of drug-likeness (QED) is 0.686. The number of fused-ring (bicyclic) bond motifs is 1. The van der Waals surface area contributed by atoms with Crippen molar-refractivity contribution in [3.05, 3.63) is 77.2 Å². The van der Waals surface area contributed by atoms with E-state index in [4.69, 9.17) is 20.8 Å². The van der Waals surface area contributed by atoms with Crippen molar-refractivity contribution in [2.24, 2.45) is 5.92 Å². The van der Waals surface area contributed by atoms with Crippen LogP contribution in [-0.4, -0.2) is 18.4 Å². The Morgan fingerprint density at radius 3 is 2.46 bits per heavy atom. The van der Waals surface area contributed by atoms with Gasteiger partial charge in [0.05, 0.1) is 12.2 Å². The molecule has 2 aromatic carbocycles. The molecule has 1 aliphatic rings. The Bertz CT molecular complexity index is 1000. The zero-order valence-electron chi connectivity index (χ0n) is 14.8. The fourth-order valence-electron chi connectivity index (χ4n) is 3.01. The molecule has 0 bridgehead atoms. The molecule has 2 N–H and O–H groups in total. The van der Waals surface area contributed by atoms with Crippen molar-refractivity contribution in [3.63, 3.8) is 0 Å². The highest BCUT2D eigenvalue weighted by molar-refractivity contribution is 6.30. The Kier molecular flexibility index (Phi) is 5.04. The Balaban J connectivity index is 1.36. The lowest BCUT2D eigenvalue weighted by atomic mass is 9.96. The van der Waals surface area contributed by atoms with Gasteiger partial charge in [-0.05, 0) is 66.6 Å². The maximum atomic E-state index is 12.6. The lowest BCUT2D eigenvalue weighted by Gasteiger charge is -2.24. The summed E-state index contributed by atoms with van der Waals surface area (Å²) >= 11 is 6.03. The first kappa shape index (κ1) is 18.1. The minimum absolute atomic E-state index is 0.127. The Morgan fingerprint density at radius 2 is 1.75 bits per heavy atom. The second kappa shape index (κ2) is 7.78. The van der Waals surface area contributed by atoms with Gasteiger partial charge >= 0.3 is 0 Å². The van der Waals surface area contributed by atoms with E-state index in [1.165, 1.54) is 6.26 Å². The largest absolute Gasteiger partial charge is 0.492 e. The molecule has 1 unspecified atom stereocenters. The molecule has 2 heterocycles. The molecule has 0 radical (unpaired) electrons. The molecular weight excluding hydrogens is 380 g/mol. The van der Waals surface area contributed by atoms with Gasteiger partial charge < -0.3 is 19.8 Å². The van der Waals surface area contributed by atoms with Crippen LogP contribution in [0.15, 0.2) is 65.3 Å². The topological polar surface area (TPSA) is 80.6 Å². The van der Waals surface area contributed by atoms with Crippen LogP contribution < -0.4 is 15.4 Å². The van der Waals surface area contributed by atoms with Gasteiger partial charge in [0.1, 0.15) is 12.4 Å². The smallest absolute Gasteiger partial charge is 0.291 e. The summed E-state index contributed by atoms with van der Waals surface area (Å²) in [4.78, 5) is 24.5. The first-order valence-corrected chi connectivity index (χ1v) is 9.13. The average molecular weight is 397 g/mol. The third kappa shape index (κ3) is 4.02. The van der Waals surface area contributed by atoms with Gasteiger partial charge in [0, 0.05) is 16.4 Å². The van der Waals surface area contributed by atoms with Crippen molar-refractivity contribution in [2.45, 2.75) is 6.42 Å². The molecule has 1 aliphatic heterocycles. The highest BCUT2D eigenvalue weighted by atomic mass is 35.5. The van der Waals surface area contributed by atoms with Crippen LogP contribution in [0.2, 0.25) is 5.02 Å². The first-order chi connectivity index (χ1) is 13.6. The third-order valence-electron chi connectivity index (χ3n) is 4.45. The van der Waals surface area contributed by atoms with Crippen molar-refractivity contribution in [2.75, 3.05) is 17.2 Å². The van der Waals surface area contributed by atoms with E-state index in [1.54, 1.807) is 42.5 Å². The minimum atomic E-state index is -0.335. The SMILES string of the molecule is O=C(Nc1ccc(NC(=O)C2COc3ccc(Cl)cc3C2)cc1)c1ccco1. The second-order valence-electron chi connectivity index (χ2n) is 6.46. The van der Waals surface area contributed by atoms with Gasteiger partial charge in [0.15, 0.2) is 5.76 Å². The molecule has 2 amide bonds. The summed E-state index contributed by atoms with van der Waals surface area (Å²) in [5.41, 5.74) is 2.16. The van der Waals surface area contributed by atoms with Crippen molar-refractivity contribution in [1.29, 1.82) is 0 Å². The molecule has 28 heavy (non-hydrogen) atoms.